The first-order valence-electron chi connectivity index (χ1n) is 7.54. The molecule has 0 aliphatic rings. The van der Waals surface area contributed by atoms with Crippen LogP contribution in [0.1, 0.15) is 46.1 Å². The molecule has 0 aromatic heterocycles. The van der Waals surface area contributed by atoms with Crippen molar-refractivity contribution in [3.8, 4) is 5.75 Å². The summed E-state index contributed by atoms with van der Waals surface area (Å²) in [6, 6.07) is 8.82. The minimum absolute atomic E-state index is 0.536. The molecule has 114 valence electrons. The van der Waals surface area contributed by atoms with Crippen LogP contribution in [-0.4, -0.2) is 29.9 Å². The lowest BCUT2D eigenvalue weighted by Gasteiger charge is -2.16. The van der Waals surface area contributed by atoms with Gasteiger partial charge < -0.3 is 15.2 Å². The summed E-state index contributed by atoms with van der Waals surface area (Å²) < 4.78 is 5.67. The Morgan fingerprint density at radius 2 is 1.85 bits per heavy atom. The van der Waals surface area contributed by atoms with Gasteiger partial charge in [0.25, 0.3) is 0 Å². The minimum atomic E-state index is -0.601. The lowest BCUT2D eigenvalue weighted by atomic mass is 10.0. The molecule has 0 unspecified atom stereocenters. The van der Waals surface area contributed by atoms with E-state index in [0.29, 0.717) is 12.6 Å². The van der Waals surface area contributed by atoms with Crippen molar-refractivity contribution in [2.75, 3.05) is 13.2 Å². The first-order chi connectivity index (χ1) is 9.37. The van der Waals surface area contributed by atoms with Crippen LogP contribution in [0.25, 0.3) is 0 Å². The molecule has 0 aliphatic carbocycles. The van der Waals surface area contributed by atoms with Crippen LogP contribution in [-0.2, 0) is 6.42 Å². The zero-order valence-electron chi connectivity index (χ0n) is 13.3. The molecule has 3 nitrogen and oxygen atoms in total. The number of hydrogen-bond acceptors (Lipinski definition) is 3. The second-order valence-corrected chi connectivity index (χ2v) is 6.27. The van der Waals surface area contributed by atoms with Gasteiger partial charge in [-0.15, -0.1) is 0 Å². The Balaban J connectivity index is 2.25. The van der Waals surface area contributed by atoms with Gasteiger partial charge in [0.1, 0.15) is 5.75 Å². The van der Waals surface area contributed by atoms with Crippen molar-refractivity contribution < 1.29 is 9.84 Å². The van der Waals surface area contributed by atoms with Crippen molar-refractivity contribution in [3.63, 3.8) is 0 Å². The molecule has 20 heavy (non-hydrogen) atoms. The third-order valence-corrected chi connectivity index (χ3v) is 3.09. The lowest BCUT2D eigenvalue weighted by Crippen LogP contribution is -2.24. The fourth-order valence-electron chi connectivity index (χ4n) is 1.95. The Kier molecular flexibility index (Phi) is 7.03. The van der Waals surface area contributed by atoms with E-state index in [1.54, 1.807) is 0 Å². The van der Waals surface area contributed by atoms with Gasteiger partial charge >= 0.3 is 0 Å². The molecule has 1 rings (SSSR count). The van der Waals surface area contributed by atoms with Crippen molar-refractivity contribution in [2.45, 2.75) is 58.6 Å². The Hall–Kier alpha value is -1.06. The summed E-state index contributed by atoms with van der Waals surface area (Å²) >= 11 is 0. The minimum Gasteiger partial charge on any atom is -0.494 e. The van der Waals surface area contributed by atoms with Crippen LogP contribution in [0, 0.1) is 0 Å². The summed E-state index contributed by atoms with van der Waals surface area (Å²) in [4.78, 5) is 0. The summed E-state index contributed by atoms with van der Waals surface area (Å²) in [6.07, 6.45) is 2.66. The SMILES string of the molecule is CC(C)NCCc1ccc(OCCCC(C)(C)O)cc1. The quantitative estimate of drug-likeness (QED) is 0.682. The van der Waals surface area contributed by atoms with Gasteiger partial charge in [-0.1, -0.05) is 26.0 Å². The molecule has 0 aliphatic heterocycles. The van der Waals surface area contributed by atoms with Crippen LogP contribution >= 0.6 is 0 Å². The monoisotopic (exact) mass is 279 g/mol. The van der Waals surface area contributed by atoms with Crippen molar-refractivity contribution in [1.82, 2.24) is 5.32 Å². The summed E-state index contributed by atoms with van der Waals surface area (Å²) in [6.45, 7) is 9.62. The Bertz CT molecular complexity index is 366. The predicted octanol–water partition coefficient (Wildman–Crippen LogP) is 3.16. The van der Waals surface area contributed by atoms with Crippen LogP contribution in [0.15, 0.2) is 24.3 Å². The molecule has 3 heteroatoms. The van der Waals surface area contributed by atoms with E-state index in [2.05, 4.69) is 31.3 Å². The van der Waals surface area contributed by atoms with Crippen molar-refractivity contribution in [2.24, 2.45) is 0 Å². The standard InChI is InChI=1S/C17H29NO2/c1-14(2)18-12-10-15-6-8-16(9-7-15)20-13-5-11-17(3,4)19/h6-9,14,18-19H,5,10-13H2,1-4H3. The highest BCUT2D eigenvalue weighted by Crippen LogP contribution is 2.15. The van der Waals surface area contributed by atoms with Crippen molar-refractivity contribution in [1.29, 1.82) is 0 Å². The van der Waals surface area contributed by atoms with E-state index in [-0.39, 0.29) is 0 Å². The second kappa shape index (κ2) is 8.28. The molecule has 0 fully saturated rings. The van der Waals surface area contributed by atoms with E-state index < -0.39 is 5.60 Å². The number of rotatable bonds is 9. The molecular weight excluding hydrogens is 250 g/mol. The van der Waals surface area contributed by atoms with E-state index in [0.717, 1.165) is 31.6 Å². The van der Waals surface area contributed by atoms with Crippen LogP contribution in [0.5, 0.6) is 5.75 Å². The highest BCUT2D eigenvalue weighted by Gasteiger charge is 2.11. The van der Waals surface area contributed by atoms with Crippen molar-refractivity contribution >= 4 is 0 Å². The van der Waals surface area contributed by atoms with E-state index in [1.807, 2.05) is 26.0 Å². The first-order valence-corrected chi connectivity index (χ1v) is 7.54. The molecule has 0 radical (unpaired) electrons. The number of ether oxygens (including phenoxy) is 1. The summed E-state index contributed by atoms with van der Waals surface area (Å²) in [5.41, 5.74) is 0.721. The number of aliphatic hydroxyl groups is 1. The van der Waals surface area contributed by atoms with Gasteiger partial charge in [0, 0.05) is 6.04 Å². The Morgan fingerprint density at radius 1 is 1.20 bits per heavy atom. The number of nitrogens with one attached hydrogen (secondary N) is 1. The van der Waals surface area contributed by atoms with Crippen molar-refractivity contribution in [3.05, 3.63) is 29.8 Å². The normalized spacial score (nSPS) is 11.9. The predicted molar refractivity (Wildman–Crippen MR) is 84.3 cm³/mol. The van der Waals surface area contributed by atoms with E-state index >= 15 is 0 Å². The fraction of sp³-hybridized carbons (Fsp3) is 0.647. The summed E-state index contributed by atoms with van der Waals surface area (Å²) in [7, 11) is 0. The molecule has 0 saturated heterocycles. The molecule has 1 aromatic carbocycles. The maximum atomic E-state index is 9.61. The van der Waals surface area contributed by atoms with Crippen LogP contribution in [0.4, 0.5) is 0 Å². The average molecular weight is 279 g/mol. The van der Waals surface area contributed by atoms with Crippen LogP contribution in [0.3, 0.4) is 0 Å². The highest BCUT2D eigenvalue weighted by molar-refractivity contribution is 5.27. The highest BCUT2D eigenvalue weighted by atomic mass is 16.5. The molecule has 0 bridgehead atoms. The molecule has 2 N–H and O–H groups in total. The van der Waals surface area contributed by atoms with E-state index in [4.69, 9.17) is 4.74 Å². The van der Waals surface area contributed by atoms with Gasteiger partial charge in [-0.3, -0.25) is 0 Å². The van der Waals surface area contributed by atoms with Gasteiger partial charge in [0.05, 0.1) is 12.2 Å². The first kappa shape index (κ1) is 17.0. The zero-order valence-corrected chi connectivity index (χ0v) is 13.3. The third-order valence-electron chi connectivity index (χ3n) is 3.09. The van der Waals surface area contributed by atoms with Gasteiger partial charge in [0.15, 0.2) is 0 Å². The van der Waals surface area contributed by atoms with Crippen LogP contribution < -0.4 is 10.1 Å². The van der Waals surface area contributed by atoms with E-state index in [9.17, 15) is 5.11 Å². The van der Waals surface area contributed by atoms with Crippen LogP contribution in [0.2, 0.25) is 0 Å². The summed E-state index contributed by atoms with van der Waals surface area (Å²) in [5.74, 6) is 0.904. The number of hydrogen-bond donors (Lipinski definition) is 2. The Morgan fingerprint density at radius 3 is 2.40 bits per heavy atom. The molecule has 1 aromatic rings. The maximum absolute atomic E-state index is 9.61. The second-order valence-electron chi connectivity index (χ2n) is 6.27. The zero-order chi connectivity index (χ0) is 15.0. The lowest BCUT2D eigenvalue weighted by molar-refractivity contribution is 0.0641. The molecule has 0 amide bonds. The smallest absolute Gasteiger partial charge is 0.119 e. The summed E-state index contributed by atoms with van der Waals surface area (Å²) in [5, 5.41) is 13.0. The third kappa shape index (κ3) is 8.18. The van der Waals surface area contributed by atoms with Gasteiger partial charge in [0.2, 0.25) is 0 Å². The molecule has 0 spiro atoms. The molecule has 0 atom stereocenters. The Labute approximate surface area is 123 Å². The van der Waals surface area contributed by atoms with Gasteiger partial charge in [-0.25, -0.2) is 0 Å². The van der Waals surface area contributed by atoms with Gasteiger partial charge in [-0.05, 0) is 57.4 Å². The number of benzene rings is 1. The molecule has 0 heterocycles. The maximum Gasteiger partial charge on any atom is 0.119 e. The van der Waals surface area contributed by atoms with E-state index in [1.165, 1.54) is 5.56 Å². The molecule has 0 saturated carbocycles. The average Bonchev–Trinajstić information content (AvgIpc) is 2.35. The van der Waals surface area contributed by atoms with Gasteiger partial charge in [-0.2, -0.15) is 0 Å². The fourth-order valence-corrected chi connectivity index (χ4v) is 1.95. The molecular formula is C17H29NO2. The topological polar surface area (TPSA) is 41.5 Å². The largest absolute Gasteiger partial charge is 0.494 e.